The second-order valence-corrected chi connectivity index (χ2v) is 5.23. The van der Waals surface area contributed by atoms with Crippen molar-refractivity contribution in [3.8, 4) is 0 Å². The molecule has 0 aliphatic rings. The summed E-state index contributed by atoms with van der Waals surface area (Å²) in [5.41, 5.74) is 0. The minimum atomic E-state index is -6.83. The van der Waals surface area contributed by atoms with E-state index in [0.717, 1.165) is 25.7 Å². The van der Waals surface area contributed by atoms with Crippen molar-refractivity contribution in [2.75, 3.05) is 0 Å². The SMILES string of the molecule is CCCCCCCCC=CC(F)(F)C(F)(F)C(F)(F)C(F)(F)F. The Kier molecular flexibility index (Phi) is 7.96. The lowest BCUT2D eigenvalue weighted by molar-refractivity contribution is -0.388. The summed E-state index contributed by atoms with van der Waals surface area (Å²) in [6.07, 6.45) is -2.22. The molecule has 0 aromatic rings. The molecule has 0 rings (SSSR count). The highest BCUT2D eigenvalue weighted by molar-refractivity contribution is 5.10. The Labute approximate surface area is 128 Å². The zero-order valence-corrected chi connectivity index (χ0v) is 12.5. The summed E-state index contributed by atoms with van der Waals surface area (Å²) in [5, 5.41) is 0. The topological polar surface area (TPSA) is 0 Å². The molecule has 0 unspecified atom stereocenters. The molecule has 0 aromatic carbocycles. The van der Waals surface area contributed by atoms with Crippen molar-refractivity contribution in [1.82, 2.24) is 0 Å². The molecular formula is C14H19F9. The van der Waals surface area contributed by atoms with Crippen LogP contribution >= 0.6 is 0 Å². The van der Waals surface area contributed by atoms with Crippen molar-refractivity contribution in [3.05, 3.63) is 12.2 Å². The van der Waals surface area contributed by atoms with Crippen LogP contribution in [-0.4, -0.2) is 23.9 Å². The average Bonchev–Trinajstić information content (AvgIpc) is 2.40. The molecule has 0 atom stereocenters. The third kappa shape index (κ3) is 5.60. The van der Waals surface area contributed by atoms with Crippen molar-refractivity contribution in [2.24, 2.45) is 0 Å². The van der Waals surface area contributed by atoms with E-state index in [-0.39, 0.29) is 6.42 Å². The number of hydrogen-bond donors (Lipinski definition) is 0. The van der Waals surface area contributed by atoms with Crippen LogP contribution in [0.1, 0.15) is 51.9 Å². The maximum absolute atomic E-state index is 13.1. The standard InChI is InChI=1S/C14H19F9/c1-2-3-4-5-6-7-8-9-10-11(15,16)12(17,18)13(19,20)14(21,22)23/h9-10H,2-8H2,1H3. The van der Waals surface area contributed by atoms with Gasteiger partial charge in [0, 0.05) is 0 Å². The van der Waals surface area contributed by atoms with Gasteiger partial charge in [0.2, 0.25) is 0 Å². The molecule has 0 nitrogen and oxygen atoms in total. The van der Waals surface area contributed by atoms with E-state index in [4.69, 9.17) is 0 Å². The quantitative estimate of drug-likeness (QED) is 0.230. The van der Waals surface area contributed by atoms with Gasteiger partial charge in [-0.05, 0) is 18.9 Å². The molecule has 138 valence electrons. The predicted octanol–water partition coefficient (Wildman–Crippen LogP) is 6.76. The molecule has 0 fully saturated rings. The molecule has 0 aliphatic heterocycles. The van der Waals surface area contributed by atoms with Crippen molar-refractivity contribution >= 4 is 0 Å². The Morgan fingerprint density at radius 2 is 1.13 bits per heavy atom. The molecule has 9 heteroatoms. The second-order valence-electron chi connectivity index (χ2n) is 5.23. The fraction of sp³-hybridized carbons (Fsp3) is 0.857. The van der Waals surface area contributed by atoms with Crippen molar-refractivity contribution in [3.63, 3.8) is 0 Å². The molecule has 0 aromatic heterocycles. The summed E-state index contributed by atoms with van der Waals surface area (Å²) in [6.45, 7) is 1.99. The molecule has 0 amide bonds. The Morgan fingerprint density at radius 3 is 1.61 bits per heavy atom. The second kappa shape index (κ2) is 8.28. The first kappa shape index (κ1) is 22.1. The van der Waals surface area contributed by atoms with Crippen molar-refractivity contribution < 1.29 is 39.5 Å². The maximum Gasteiger partial charge on any atom is 0.460 e. The van der Waals surface area contributed by atoms with E-state index in [1.165, 1.54) is 0 Å². The largest absolute Gasteiger partial charge is 0.460 e. The summed E-state index contributed by atoms with van der Waals surface area (Å²) in [5.74, 6) is -19.0. The zero-order valence-electron chi connectivity index (χ0n) is 12.5. The van der Waals surface area contributed by atoms with Crippen LogP contribution in [0, 0.1) is 0 Å². The van der Waals surface area contributed by atoms with Gasteiger partial charge in [0.1, 0.15) is 0 Å². The monoisotopic (exact) mass is 358 g/mol. The van der Waals surface area contributed by atoms with E-state index in [1.54, 1.807) is 0 Å². The summed E-state index contributed by atoms with van der Waals surface area (Å²) < 4.78 is 113. The van der Waals surface area contributed by atoms with Crippen LogP contribution in [0.3, 0.4) is 0 Å². The number of hydrogen-bond acceptors (Lipinski definition) is 0. The van der Waals surface area contributed by atoms with Gasteiger partial charge in [0.15, 0.2) is 0 Å². The average molecular weight is 358 g/mol. The Bertz CT molecular complexity index is 369. The van der Waals surface area contributed by atoms with Crippen LogP contribution in [0.25, 0.3) is 0 Å². The van der Waals surface area contributed by atoms with E-state index >= 15 is 0 Å². The Morgan fingerprint density at radius 1 is 0.652 bits per heavy atom. The third-order valence-electron chi connectivity index (χ3n) is 3.22. The molecule has 0 N–H and O–H groups in total. The lowest BCUT2D eigenvalue weighted by Crippen LogP contribution is -2.60. The summed E-state index contributed by atoms with van der Waals surface area (Å²) in [6, 6.07) is 0. The fourth-order valence-electron chi connectivity index (χ4n) is 1.77. The van der Waals surface area contributed by atoms with Gasteiger partial charge in [-0.1, -0.05) is 45.1 Å². The third-order valence-corrected chi connectivity index (χ3v) is 3.22. The van der Waals surface area contributed by atoms with E-state index in [0.29, 0.717) is 18.9 Å². The van der Waals surface area contributed by atoms with Gasteiger partial charge in [-0.25, -0.2) is 0 Å². The molecule has 23 heavy (non-hydrogen) atoms. The van der Waals surface area contributed by atoms with Crippen LogP contribution in [0.4, 0.5) is 39.5 Å². The maximum atomic E-state index is 13.1. The normalized spacial score (nSPS) is 14.7. The van der Waals surface area contributed by atoms with E-state index in [1.807, 2.05) is 6.92 Å². The molecule has 0 radical (unpaired) electrons. The highest BCUT2D eigenvalue weighted by Crippen LogP contribution is 2.53. The van der Waals surface area contributed by atoms with Gasteiger partial charge in [0.05, 0.1) is 0 Å². The predicted molar refractivity (Wildman–Crippen MR) is 68.0 cm³/mol. The summed E-state index contributed by atoms with van der Waals surface area (Å²) in [7, 11) is 0. The number of unbranched alkanes of at least 4 members (excludes halogenated alkanes) is 6. The molecular weight excluding hydrogens is 339 g/mol. The smallest absolute Gasteiger partial charge is 0.195 e. The first-order valence-electron chi connectivity index (χ1n) is 7.19. The Hall–Kier alpha value is -0.890. The van der Waals surface area contributed by atoms with E-state index in [2.05, 4.69) is 0 Å². The van der Waals surface area contributed by atoms with Crippen LogP contribution < -0.4 is 0 Å². The van der Waals surface area contributed by atoms with Crippen LogP contribution in [0.2, 0.25) is 0 Å². The number of allylic oxidation sites excluding steroid dienone is 2. The van der Waals surface area contributed by atoms with Gasteiger partial charge in [-0.15, -0.1) is 0 Å². The van der Waals surface area contributed by atoms with Crippen molar-refractivity contribution in [2.45, 2.75) is 75.8 Å². The van der Waals surface area contributed by atoms with Gasteiger partial charge >= 0.3 is 23.9 Å². The molecule has 0 saturated carbocycles. The number of halogens is 9. The highest BCUT2D eigenvalue weighted by Gasteiger charge is 2.81. The van der Waals surface area contributed by atoms with Crippen LogP contribution in [0.15, 0.2) is 12.2 Å². The molecule has 0 bridgehead atoms. The fourth-order valence-corrected chi connectivity index (χ4v) is 1.77. The minimum Gasteiger partial charge on any atom is -0.195 e. The molecule has 0 heterocycles. The molecule has 0 spiro atoms. The zero-order chi connectivity index (χ0) is 18.4. The summed E-state index contributed by atoms with van der Waals surface area (Å²) in [4.78, 5) is 0. The van der Waals surface area contributed by atoms with Crippen LogP contribution in [0.5, 0.6) is 0 Å². The lowest BCUT2D eigenvalue weighted by atomic mass is 10.0. The van der Waals surface area contributed by atoms with E-state index < -0.39 is 30.0 Å². The van der Waals surface area contributed by atoms with Crippen LogP contribution in [-0.2, 0) is 0 Å². The minimum absolute atomic E-state index is 0.102. The number of rotatable bonds is 10. The number of alkyl halides is 9. The lowest BCUT2D eigenvalue weighted by Gasteiger charge is -2.32. The van der Waals surface area contributed by atoms with Gasteiger partial charge in [0.25, 0.3) is 0 Å². The molecule has 0 saturated heterocycles. The summed E-state index contributed by atoms with van der Waals surface area (Å²) >= 11 is 0. The van der Waals surface area contributed by atoms with Gasteiger partial charge in [-0.2, -0.15) is 39.5 Å². The van der Waals surface area contributed by atoms with Crippen molar-refractivity contribution in [1.29, 1.82) is 0 Å². The first-order chi connectivity index (χ1) is 10.3. The Balaban J connectivity index is 4.64. The highest BCUT2D eigenvalue weighted by atomic mass is 19.4. The van der Waals surface area contributed by atoms with E-state index in [9.17, 15) is 39.5 Å². The first-order valence-corrected chi connectivity index (χ1v) is 7.19. The van der Waals surface area contributed by atoms with Gasteiger partial charge in [-0.3, -0.25) is 0 Å². The molecule has 0 aliphatic carbocycles. The van der Waals surface area contributed by atoms with Gasteiger partial charge < -0.3 is 0 Å².